The molecular weight excluding hydrogens is 688 g/mol. The number of aromatic nitrogens is 3. The minimum absolute atomic E-state index is 0.0660. The van der Waals surface area contributed by atoms with Crippen LogP contribution in [0, 0.1) is 0 Å². The summed E-state index contributed by atoms with van der Waals surface area (Å²) in [7, 11) is 0. The minimum Gasteiger partial charge on any atom is -0.435 e. The second-order valence-electron chi connectivity index (χ2n) is 12.8. The molecule has 53 heavy (non-hydrogen) atoms. The van der Waals surface area contributed by atoms with Gasteiger partial charge in [0, 0.05) is 68.4 Å². The number of carbonyl (C=O) groups excluding carboxylic acids is 6. The topological polar surface area (TPSA) is 187 Å². The van der Waals surface area contributed by atoms with Gasteiger partial charge in [0.25, 0.3) is 23.6 Å². The fraction of sp³-hybridized carbons (Fsp3) is 0.432. The van der Waals surface area contributed by atoms with Crippen LogP contribution in [0.2, 0.25) is 0 Å². The molecule has 0 N–H and O–H groups in total. The number of unbranched alkanes of at least 4 members (excludes halogenated alkanes) is 4. The van der Waals surface area contributed by atoms with Crippen molar-refractivity contribution in [2.45, 2.75) is 96.9 Å². The Kier molecular flexibility index (Phi) is 11.9. The summed E-state index contributed by atoms with van der Waals surface area (Å²) in [6, 6.07) is 3.74. The predicted molar refractivity (Wildman–Crippen MR) is 185 cm³/mol. The number of hydrogen-bond donors (Lipinski definition) is 0. The zero-order valence-corrected chi connectivity index (χ0v) is 29.5. The van der Waals surface area contributed by atoms with Crippen molar-refractivity contribution in [3.63, 3.8) is 0 Å². The Bertz CT molecular complexity index is 2060. The fourth-order valence-electron chi connectivity index (χ4n) is 6.03. The summed E-state index contributed by atoms with van der Waals surface area (Å²) < 4.78 is 14.1. The van der Waals surface area contributed by atoms with Crippen LogP contribution in [0.3, 0.4) is 0 Å². The van der Waals surface area contributed by atoms with Gasteiger partial charge in [-0.2, -0.15) is 4.98 Å². The summed E-state index contributed by atoms with van der Waals surface area (Å²) in [6.45, 7) is 3.31. The van der Waals surface area contributed by atoms with Crippen LogP contribution in [0.5, 0.6) is 0 Å². The number of fused-ring (bicyclic) bond motifs is 2. The molecule has 0 atom stereocenters. The van der Waals surface area contributed by atoms with Crippen molar-refractivity contribution in [2.75, 3.05) is 11.4 Å². The average Bonchev–Trinajstić information content (AvgIpc) is 3.91. The number of hydrogen-bond acceptors (Lipinski definition) is 13. The van der Waals surface area contributed by atoms with E-state index in [0.717, 1.165) is 31.3 Å². The van der Waals surface area contributed by atoms with Crippen LogP contribution in [-0.4, -0.2) is 62.2 Å². The highest BCUT2D eigenvalue weighted by Gasteiger charge is 2.33. The highest BCUT2D eigenvalue weighted by atomic mass is 16.7. The lowest BCUT2D eigenvalue weighted by atomic mass is 10.2. The van der Waals surface area contributed by atoms with E-state index < -0.39 is 35.6 Å². The second-order valence-corrected chi connectivity index (χ2v) is 12.8. The van der Waals surface area contributed by atoms with Gasteiger partial charge in [-0.3, -0.25) is 19.2 Å². The number of rotatable bonds is 17. The van der Waals surface area contributed by atoms with Crippen LogP contribution in [0.1, 0.15) is 96.3 Å². The van der Waals surface area contributed by atoms with Gasteiger partial charge in [-0.15, -0.1) is 10.1 Å². The van der Waals surface area contributed by atoms with E-state index in [-0.39, 0.29) is 38.5 Å². The number of pyridine rings is 1. The molecule has 278 valence electrons. The zero-order valence-electron chi connectivity index (χ0n) is 29.5. The largest absolute Gasteiger partial charge is 0.435 e. The minimum atomic E-state index is -0.597. The summed E-state index contributed by atoms with van der Waals surface area (Å²) in [5.41, 5.74) is 3.30. The van der Waals surface area contributed by atoms with Crippen LogP contribution in [-0.2, 0) is 45.0 Å². The Labute approximate surface area is 303 Å². The van der Waals surface area contributed by atoms with Crippen molar-refractivity contribution in [1.82, 2.24) is 20.1 Å². The third-order valence-corrected chi connectivity index (χ3v) is 8.86. The first kappa shape index (κ1) is 36.8. The number of nitrogens with zero attached hydrogens (tertiary/aromatic N) is 6. The maximum absolute atomic E-state index is 12.1. The van der Waals surface area contributed by atoms with Crippen LogP contribution in [0.25, 0.3) is 29.5 Å². The van der Waals surface area contributed by atoms with E-state index in [4.69, 9.17) is 28.5 Å². The molecule has 4 amide bonds. The van der Waals surface area contributed by atoms with Crippen molar-refractivity contribution in [3.8, 4) is 0 Å². The normalized spacial score (nSPS) is 16.3. The molecule has 0 saturated carbocycles. The lowest BCUT2D eigenvalue weighted by Crippen LogP contribution is -2.34. The molecule has 0 radical (unpaired) electrons. The lowest BCUT2D eigenvalue weighted by Gasteiger charge is -2.18. The van der Waals surface area contributed by atoms with E-state index in [1.54, 1.807) is 0 Å². The van der Waals surface area contributed by atoms with E-state index in [0.29, 0.717) is 76.4 Å². The van der Waals surface area contributed by atoms with E-state index in [1.165, 1.54) is 0 Å². The van der Waals surface area contributed by atoms with Crippen LogP contribution >= 0.6 is 0 Å². The smallest absolute Gasteiger partial charge is 0.370 e. The van der Waals surface area contributed by atoms with Crippen molar-refractivity contribution >= 4 is 70.8 Å². The number of aryl methyl sites for hydroxylation is 1. The molecule has 0 aromatic carbocycles. The number of allylic oxidation sites excluding steroid dienone is 2. The van der Waals surface area contributed by atoms with E-state index in [2.05, 4.69) is 0 Å². The number of anilines is 1. The SMILES string of the molecule is CCC(/C=c1/nc2c(o1)=CC=CN2CCCCCC(=O)ON1C(=O)CCC1=O)=C\c1nc2c(ccc[n+]2CCCCCC(=O)ON2C(=O)CCC2=O)o1. The van der Waals surface area contributed by atoms with Gasteiger partial charge >= 0.3 is 23.5 Å². The van der Waals surface area contributed by atoms with Gasteiger partial charge in [0.2, 0.25) is 11.1 Å². The molecule has 6 rings (SSSR count). The molecule has 6 heterocycles. The molecule has 3 aliphatic rings. The van der Waals surface area contributed by atoms with Crippen molar-refractivity contribution < 1.29 is 51.8 Å². The average molecular weight is 730 g/mol. The molecule has 3 aromatic rings. The second kappa shape index (κ2) is 17.1. The number of carbonyl (C=O) groups is 6. The summed E-state index contributed by atoms with van der Waals surface area (Å²) in [5.74, 6) is -2.01. The molecule has 2 fully saturated rings. The number of imide groups is 2. The van der Waals surface area contributed by atoms with Gasteiger partial charge in [0.1, 0.15) is 0 Å². The Morgan fingerprint density at radius 3 is 2.13 bits per heavy atom. The third-order valence-electron chi connectivity index (χ3n) is 8.86. The Morgan fingerprint density at radius 2 is 1.49 bits per heavy atom. The molecule has 3 aliphatic heterocycles. The highest BCUT2D eigenvalue weighted by Crippen LogP contribution is 2.18. The first-order chi connectivity index (χ1) is 25.7. The molecule has 2 saturated heterocycles. The molecule has 0 bridgehead atoms. The number of oxazole rings is 2. The van der Waals surface area contributed by atoms with Gasteiger partial charge in [-0.25, -0.2) is 14.2 Å². The summed E-state index contributed by atoms with van der Waals surface area (Å²) in [4.78, 5) is 92.0. The predicted octanol–water partition coefficient (Wildman–Crippen LogP) is 2.83. The van der Waals surface area contributed by atoms with Gasteiger partial charge in [0.05, 0.1) is 12.7 Å². The van der Waals surface area contributed by atoms with Crippen LogP contribution in [0.15, 0.2) is 45.0 Å². The van der Waals surface area contributed by atoms with Crippen molar-refractivity contribution in [3.05, 3.63) is 53.0 Å². The van der Waals surface area contributed by atoms with Gasteiger partial charge < -0.3 is 23.4 Å². The molecule has 0 unspecified atom stereocenters. The molecule has 0 spiro atoms. The first-order valence-electron chi connectivity index (χ1n) is 17.9. The Hall–Kier alpha value is -5.93. The van der Waals surface area contributed by atoms with Gasteiger partial charge in [0.15, 0.2) is 11.2 Å². The zero-order chi connectivity index (χ0) is 37.3. The monoisotopic (exact) mass is 729 g/mol. The Morgan fingerprint density at radius 1 is 0.849 bits per heavy atom. The quantitative estimate of drug-likeness (QED) is 0.112. The maximum atomic E-state index is 12.1. The highest BCUT2D eigenvalue weighted by molar-refractivity contribution is 6.02. The number of hydroxylamine groups is 4. The van der Waals surface area contributed by atoms with E-state index in [9.17, 15) is 28.8 Å². The standard InChI is InChI=1S/C37H41N6O10/c1-2-25(23-28-38-36-26(50-28)11-9-21-40(36)19-7-3-5-13-34(48)52-42-30(44)15-16-31(42)45)24-29-39-37-27(51-29)12-10-22-41(37)20-8-4-6-14-35(49)53-43-32(46)17-18-33(43)47/h9-12,21-24H,2-8,13-20H2,1H3/q+1. The third kappa shape index (κ3) is 9.30. The lowest BCUT2D eigenvalue weighted by molar-refractivity contribution is -0.673. The maximum Gasteiger partial charge on any atom is 0.370 e. The van der Waals surface area contributed by atoms with Crippen molar-refractivity contribution in [1.29, 1.82) is 0 Å². The van der Waals surface area contributed by atoms with Crippen molar-refractivity contribution in [2.24, 2.45) is 0 Å². The van der Waals surface area contributed by atoms with E-state index in [1.807, 2.05) is 65.2 Å². The van der Waals surface area contributed by atoms with Gasteiger partial charge in [-0.1, -0.05) is 13.3 Å². The van der Waals surface area contributed by atoms with Gasteiger partial charge in [-0.05, 0) is 68.4 Å². The van der Waals surface area contributed by atoms with Crippen LogP contribution < -0.4 is 20.4 Å². The summed E-state index contributed by atoms with van der Waals surface area (Å²) >= 11 is 0. The molecule has 3 aromatic heterocycles. The number of amides is 4. The Balaban J connectivity index is 0.997. The fourth-order valence-corrected chi connectivity index (χ4v) is 6.03. The molecular formula is C37H41N6O10+. The molecule has 16 nitrogen and oxygen atoms in total. The van der Waals surface area contributed by atoms with Crippen LogP contribution in [0.4, 0.5) is 5.82 Å². The molecule has 0 aliphatic carbocycles. The van der Waals surface area contributed by atoms with E-state index >= 15 is 0 Å². The summed E-state index contributed by atoms with van der Waals surface area (Å²) in [5, 5.41) is 1.15. The summed E-state index contributed by atoms with van der Waals surface area (Å²) in [6.07, 6.45) is 16.5. The first-order valence-corrected chi connectivity index (χ1v) is 17.9. The molecule has 16 heteroatoms.